The lowest BCUT2D eigenvalue weighted by Gasteiger charge is -2.29. The predicted molar refractivity (Wildman–Crippen MR) is 148 cm³/mol. The highest BCUT2D eigenvalue weighted by atomic mass is 32.2. The van der Waals surface area contributed by atoms with Crippen molar-refractivity contribution in [1.29, 1.82) is 0 Å². The van der Waals surface area contributed by atoms with E-state index in [2.05, 4.69) is 52.8 Å². The Morgan fingerprint density at radius 1 is 1.00 bits per heavy atom. The molecule has 0 radical (unpaired) electrons. The largest absolute Gasteiger partial charge is 0.374 e. The number of thioether (sulfide) groups is 2. The summed E-state index contributed by atoms with van der Waals surface area (Å²) in [6, 6.07) is 16.5. The van der Waals surface area contributed by atoms with E-state index in [9.17, 15) is 5.11 Å². The first-order chi connectivity index (χ1) is 16.9. The quantitative estimate of drug-likeness (QED) is 0.261. The van der Waals surface area contributed by atoms with Crippen LogP contribution in [0, 0.1) is 13.8 Å². The van der Waals surface area contributed by atoms with Crippen LogP contribution in [0.25, 0.3) is 22.0 Å². The number of aliphatic hydroxyl groups is 1. The Balaban J connectivity index is 1.83. The number of benzene rings is 2. The molecule has 0 saturated carbocycles. The summed E-state index contributed by atoms with van der Waals surface area (Å²) in [5.41, 5.74) is 4.07. The maximum atomic E-state index is 12.5. The van der Waals surface area contributed by atoms with E-state index in [-0.39, 0.29) is 0 Å². The van der Waals surface area contributed by atoms with Crippen LogP contribution in [-0.2, 0) is 12.6 Å². The van der Waals surface area contributed by atoms with Crippen molar-refractivity contribution in [3.63, 3.8) is 0 Å². The first-order valence-electron chi connectivity index (χ1n) is 11.1. The molecule has 178 valence electrons. The number of thiazole rings is 1. The van der Waals surface area contributed by atoms with Crippen LogP contribution in [0.5, 0.6) is 0 Å². The monoisotopic (exact) mass is 518 g/mol. The number of hydrogen-bond acceptors (Lipinski definition) is 7. The summed E-state index contributed by atoms with van der Waals surface area (Å²) in [7, 11) is 1.91. The van der Waals surface area contributed by atoms with E-state index in [4.69, 9.17) is 4.98 Å². The lowest BCUT2D eigenvalue weighted by molar-refractivity contribution is 0.120. The second-order valence-corrected chi connectivity index (χ2v) is 11.2. The van der Waals surface area contributed by atoms with E-state index in [1.54, 1.807) is 36.0 Å². The minimum Gasteiger partial charge on any atom is -0.374 e. The number of aromatic nitrogens is 4. The molecular formula is C27H26N4OS3. The van der Waals surface area contributed by atoms with Gasteiger partial charge in [-0.15, -0.1) is 34.9 Å². The molecule has 0 spiro atoms. The number of pyridine rings is 1. The van der Waals surface area contributed by atoms with Crippen molar-refractivity contribution in [2.45, 2.75) is 29.4 Å². The molecule has 35 heavy (non-hydrogen) atoms. The lowest BCUT2D eigenvalue weighted by atomic mass is 9.87. The van der Waals surface area contributed by atoms with Gasteiger partial charge in [0.15, 0.2) is 5.60 Å². The molecule has 0 fully saturated rings. The Hall–Kier alpha value is -2.65. The highest BCUT2D eigenvalue weighted by molar-refractivity contribution is 7.99. The van der Waals surface area contributed by atoms with Gasteiger partial charge in [-0.05, 0) is 49.6 Å². The second kappa shape index (κ2) is 9.43. The van der Waals surface area contributed by atoms with Crippen LogP contribution in [0.15, 0.2) is 71.0 Å². The lowest BCUT2D eigenvalue weighted by Crippen LogP contribution is -2.31. The SMILES string of the molecule is CSc1nc2ccc(C(O)(c3sc(C)nc3C)c3cncn3C)cc2c(SC)c1-c1ccccc1. The molecule has 3 aromatic heterocycles. The van der Waals surface area contributed by atoms with Crippen molar-refractivity contribution in [1.82, 2.24) is 19.5 Å². The summed E-state index contributed by atoms with van der Waals surface area (Å²) >= 11 is 4.88. The summed E-state index contributed by atoms with van der Waals surface area (Å²) in [6.07, 6.45) is 7.62. The molecule has 5 rings (SSSR count). The van der Waals surface area contributed by atoms with Gasteiger partial charge in [0.05, 0.1) is 39.3 Å². The highest BCUT2D eigenvalue weighted by Crippen LogP contribution is 2.45. The number of hydrogen-bond donors (Lipinski definition) is 1. The van der Waals surface area contributed by atoms with Gasteiger partial charge in [-0.3, -0.25) is 0 Å². The van der Waals surface area contributed by atoms with Crippen molar-refractivity contribution in [2.75, 3.05) is 12.5 Å². The standard InChI is InChI=1S/C27H26N4OS3/c1-16-25(35-17(2)29-16)27(32,22-14-28-15-31(22)3)19-11-12-21-20(13-19)24(33-4)23(26(30-21)34-5)18-9-7-6-8-10-18/h6-15,32H,1-5H3. The van der Waals surface area contributed by atoms with Crippen LogP contribution in [0.1, 0.15) is 26.8 Å². The Bertz CT molecular complexity index is 1530. The number of rotatable bonds is 6. The second-order valence-electron chi connectivity index (χ2n) is 8.37. The number of aryl methyl sites for hydroxylation is 3. The van der Waals surface area contributed by atoms with Gasteiger partial charge in [-0.1, -0.05) is 36.4 Å². The molecule has 1 N–H and O–H groups in total. The molecule has 5 aromatic rings. The van der Waals surface area contributed by atoms with Gasteiger partial charge in [0.1, 0.15) is 5.03 Å². The number of nitrogens with zero attached hydrogens (tertiary/aromatic N) is 4. The molecule has 8 heteroatoms. The van der Waals surface area contributed by atoms with E-state index >= 15 is 0 Å². The average molecular weight is 519 g/mol. The normalized spacial score (nSPS) is 13.3. The Morgan fingerprint density at radius 2 is 1.77 bits per heavy atom. The molecule has 0 amide bonds. The van der Waals surface area contributed by atoms with E-state index in [0.717, 1.165) is 53.1 Å². The van der Waals surface area contributed by atoms with Crippen molar-refractivity contribution in [3.05, 3.63) is 87.9 Å². The van der Waals surface area contributed by atoms with Crippen molar-refractivity contribution in [2.24, 2.45) is 7.05 Å². The molecule has 0 aliphatic rings. The summed E-state index contributed by atoms with van der Waals surface area (Å²) in [5.74, 6) is 0. The molecule has 1 atom stereocenters. The molecule has 0 bridgehead atoms. The number of imidazole rings is 1. The average Bonchev–Trinajstić information content (AvgIpc) is 3.46. The summed E-state index contributed by atoms with van der Waals surface area (Å²) in [5, 5.41) is 15.4. The maximum absolute atomic E-state index is 12.5. The van der Waals surface area contributed by atoms with E-state index in [1.807, 2.05) is 43.7 Å². The molecule has 0 aliphatic carbocycles. The first-order valence-corrected chi connectivity index (χ1v) is 14.4. The minimum absolute atomic E-state index is 0.700. The predicted octanol–water partition coefficient (Wildman–Crippen LogP) is 6.44. The van der Waals surface area contributed by atoms with Gasteiger partial charge < -0.3 is 9.67 Å². The molecule has 1 unspecified atom stereocenters. The van der Waals surface area contributed by atoms with Gasteiger partial charge in [0, 0.05) is 22.9 Å². The van der Waals surface area contributed by atoms with Crippen molar-refractivity contribution < 1.29 is 5.11 Å². The van der Waals surface area contributed by atoms with Crippen LogP contribution in [0.4, 0.5) is 0 Å². The van der Waals surface area contributed by atoms with Crippen LogP contribution in [0.2, 0.25) is 0 Å². The van der Waals surface area contributed by atoms with Crippen molar-refractivity contribution >= 4 is 45.8 Å². The zero-order chi connectivity index (χ0) is 24.7. The highest BCUT2D eigenvalue weighted by Gasteiger charge is 2.40. The van der Waals surface area contributed by atoms with Gasteiger partial charge in [0.25, 0.3) is 0 Å². The number of fused-ring (bicyclic) bond motifs is 1. The van der Waals surface area contributed by atoms with Crippen molar-refractivity contribution in [3.8, 4) is 11.1 Å². The van der Waals surface area contributed by atoms with Crippen LogP contribution >= 0.6 is 34.9 Å². The molecular weight excluding hydrogens is 493 g/mol. The van der Waals surface area contributed by atoms with Crippen LogP contribution in [0.3, 0.4) is 0 Å². The van der Waals surface area contributed by atoms with Gasteiger partial charge in [-0.2, -0.15) is 0 Å². The fourth-order valence-corrected chi connectivity index (χ4v) is 7.15. The fraction of sp³-hybridized carbons (Fsp3) is 0.222. The van der Waals surface area contributed by atoms with Gasteiger partial charge in [0.2, 0.25) is 0 Å². The van der Waals surface area contributed by atoms with Crippen LogP contribution in [-0.4, -0.2) is 37.1 Å². The van der Waals surface area contributed by atoms with E-state index < -0.39 is 5.60 Å². The maximum Gasteiger partial charge on any atom is 0.167 e. The Morgan fingerprint density at radius 3 is 2.37 bits per heavy atom. The molecule has 0 saturated heterocycles. The third kappa shape index (κ3) is 3.98. The topological polar surface area (TPSA) is 63.8 Å². The molecule has 5 nitrogen and oxygen atoms in total. The Labute approximate surface area is 217 Å². The molecule has 3 heterocycles. The first kappa shape index (κ1) is 24.1. The van der Waals surface area contributed by atoms with Gasteiger partial charge >= 0.3 is 0 Å². The zero-order valence-electron chi connectivity index (χ0n) is 20.2. The fourth-order valence-electron chi connectivity index (χ4n) is 4.62. The smallest absolute Gasteiger partial charge is 0.167 e. The third-order valence-corrected chi connectivity index (χ3v) is 8.90. The van der Waals surface area contributed by atoms with E-state index in [0.29, 0.717) is 5.69 Å². The summed E-state index contributed by atoms with van der Waals surface area (Å²) in [6.45, 7) is 3.92. The van der Waals surface area contributed by atoms with Gasteiger partial charge in [-0.25, -0.2) is 15.0 Å². The summed E-state index contributed by atoms with van der Waals surface area (Å²) < 4.78 is 1.87. The third-order valence-electron chi connectivity index (χ3n) is 6.20. The van der Waals surface area contributed by atoms with Crippen LogP contribution < -0.4 is 0 Å². The summed E-state index contributed by atoms with van der Waals surface area (Å²) in [4.78, 5) is 15.9. The van der Waals surface area contributed by atoms with E-state index in [1.165, 1.54) is 11.3 Å². The molecule has 0 aliphatic heterocycles. The minimum atomic E-state index is -1.39. The zero-order valence-corrected chi connectivity index (χ0v) is 22.7. The Kier molecular flexibility index (Phi) is 6.48. The molecule has 2 aromatic carbocycles.